The van der Waals surface area contributed by atoms with E-state index in [2.05, 4.69) is 31.0 Å². The van der Waals surface area contributed by atoms with Gasteiger partial charge in [-0.2, -0.15) is 5.21 Å². The van der Waals surface area contributed by atoms with Crippen LogP contribution >= 0.6 is 0 Å². The van der Waals surface area contributed by atoms with E-state index in [1.165, 1.54) is 0 Å². The summed E-state index contributed by atoms with van der Waals surface area (Å²) in [6.07, 6.45) is 1.88. The Kier molecular flexibility index (Phi) is 3.98. The minimum atomic E-state index is -0.230. The number of tetrazole rings is 1. The van der Waals surface area contributed by atoms with Crippen molar-refractivity contribution in [2.45, 2.75) is 6.92 Å². The van der Waals surface area contributed by atoms with Crippen molar-refractivity contribution in [3.05, 3.63) is 71.9 Å². The highest BCUT2D eigenvalue weighted by Gasteiger charge is 2.12. The van der Waals surface area contributed by atoms with E-state index < -0.39 is 0 Å². The number of para-hydroxylation sites is 1. The van der Waals surface area contributed by atoms with Crippen molar-refractivity contribution >= 4 is 11.7 Å². The van der Waals surface area contributed by atoms with Crippen molar-refractivity contribution in [3.63, 3.8) is 0 Å². The third-order valence-electron chi connectivity index (χ3n) is 3.90. The largest absolute Gasteiger partial charge is 0.305 e. The predicted molar refractivity (Wildman–Crippen MR) is 95.9 cm³/mol. The number of benzene rings is 2. The quantitative estimate of drug-likeness (QED) is 0.592. The van der Waals surface area contributed by atoms with Crippen LogP contribution in [0.3, 0.4) is 0 Å². The first-order chi connectivity index (χ1) is 12.7. The monoisotopic (exact) mass is 345 g/mol. The zero-order chi connectivity index (χ0) is 17.9. The van der Waals surface area contributed by atoms with Crippen molar-refractivity contribution in [1.29, 1.82) is 0 Å². The normalized spacial score (nSPS) is 10.7. The van der Waals surface area contributed by atoms with Gasteiger partial charge in [-0.25, -0.2) is 4.68 Å². The molecule has 2 N–H and O–H groups in total. The molecule has 4 rings (SSSR count). The number of anilines is 1. The number of aryl methyl sites for hydroxylation is 1. The van der Waals surface area contributed by atoms with Crippen LogP contribution in [0.25, 0.3) is 17.1 Å². The fraction of sp³-hybridized carbons (Fsp3) is 0.0556. The molecule has 26 heavy (non-hydrogen) atoms. The Bertz CT molecular complexity index is 1020. The Morgan fingerprint density at radius 3 is 2.54 bits per heavy atom. The summed E-state index contributed by atoms with van der Waals surface area (Å²) in [6, 6.07) is 16.7. The molecule has 0 spiro atoms. The second-order valence-electron chi connectivity index (χ2n) is 5.71. The van der Waals surface area contributed by atoms with Crippen molar-refractivity contribution in [1.82, 2.24) is 30.4 Å². The Hall–Kier alpha value is -3.81. The van der Waals surface area contributed by atoms with Crippen molar-refractivity contribution in [2.24, 2.45) is 0 Å². The third kappa shape index (κ3) is 3.07. The average molecular weight is 345 g/mol. The SMILES string of the molecule is Cc1cn(-c2ccccc2)nc1NC(=O)c1ccc(-c2nn[nH]n2)cc1. The minimum Gasteiger partial charge on any atom is -0.305 e. The fourth-order valence-corrected chi connectivity index (χ4v) is 2.53. The maximum absolute atomic E-state index is 12.5. The van der Waals surface area contributed by atoms with Crippen molar-refractivity contribution in [3.8, 4) is 17.1 Å². The van der Waals surface area contributed by atoms with Gasteiger partial charge in [0.2, 0.25) is 5.82 Å². The number of hydrogen-bond acceptors (Lipinski definition) is 5. The Morgan fingerprint density at radius 1 is 1.08 bits per heavy atom. The Morgan fingerprint density at radius 2 is 1.85 bits per heavy atom. The van der Waals surface area contributed by atoms with Crippen LogP contribution in [0.15, 0.2) is 60.8 Å². The van der Waals surface area contributed by atoms with Crippen LogP contribution in [0.5, 0.6) is 0 Å². The van der Waals surface area contributed by atoms with Gasteiger partial charge >= 0.3 is 0 Å². The summed E-state index contributed by atoms with van der Waals surface area (Å²) in [5.41, 5.74) is 3.11. The van der Waals surface area contributed by atoms with E-state index in [0.717, 1.165) is 16.8 Å². The lowest BCUT2D eigenvalue weighted by Gasteiger charge is -2.04. The zero-order valence-corrected chi connectivity index (χ0v) is 13.9. The fourth-order valence-electron chi connectivity index (χ4n) is 2.53. The van der Waals surface area contributed by atoms with Gasteiger partial charge < -0.3 is 5.32 Å². The molecule has 8 nitrogen and oxygen atoms in total. The van der Waals surface area contributed by atoms with Gasteiger partial charge in [0, 0.05) is 22.9 Å². The van der Waals surface area contributed by atoms with Gasteiger partial charge in [0.25, 0.3) is 5.91 Å². The van der Waals surface area contributed by atoms with Gasteiger partial charge in [0.15, 0.2) is 5.82 Å². The topological polar surface area (TPSA) is 101 Å². The van der Waals surface area contributed by atoms with Crippen LogP contribution in [0.1, 0.15) is 15.9 Å². The maximum atomic E-state index is 12.5. The molecule has 4 aromatic rings. The van der Waals surface area contributed by atoms with Gasteiger partial charge in [-0.3, -0.25) is 4.79 Å². The molecular formula is C18H15N7O. The van der Waals surface area contributed by atoms with E-state index in [0.29, 0.717) is 17.2 Å². The summed E-state index contributed by atoms with van der Waals surface area (Å²) in [6.45, 7) is 1.90. The molecule has 8 heteroatoms. The van der Waals surface area contributed by atoms with E-state index in [1.54, 1.807) is 28.9 Å². The Balaban J connectivity index is 1.52. The molecule has 0 atom stereocenters. The first kappa shape index (κ1) is 15.7. The minimum absolute atomic E-state index is 0.230. The lowest BCUT2D eigenvalue weighted by atomic mass is 10.1. The number of carbonyl (C=O) groups excluding carboxylic acids is 1. The molecule has 128 valence electrons. The molecule has 0 aliphatic carbocycles. The highest BCUT2D eigenvalue weighted by Crippen LogP contribution is 2.18. The summed E-state index contributed by atoms with van der Waals surface area (Å²) in [5, 5.41) is 21.1. The van der Waals surface area contributed by atoms with Crippen LogP contribution in [-0.4, -0.2) is 36.3 Å². The molecule has 0 bridgehead atoms. The second kappa shape index (κ2) is 6.60. The highest BCUT2D eigenvalue weighted by molar-refractivity contribution is 6.04. The summed E-state index contributed by atoms with van der Waals surface area (Å²) in [4.78, 5) is 12.5. The molecule has 0 radical (unpaired) electrons. The van der Waals surface area contributed by atoms with Gasteiger partial charge in [-0.1, -0.05) is 30.3 Å². The van der Waals surface area contributed by atoms with Gasteiger partial charge in [0.1, 0.15) is 0 Å². The van der Waals surface area contributed by atoms with E-state index in [1.807, 2.05) is 43.5 Å². The number of aromatic nitrogens is 6. The Labute approximate surface area is 148 Å². The standard InChI is InChI=1S/C18H15N7O/c1-12-11-25(15-5-3-2-4-6-15)22-16(12)19-18(26)14-9-7-13(8-10-14)17-20-23-24-21-17/h2-11H,1H3,(H,19,22,26)(H,20,21,23,24). The third-order valence-corrected chi connectivity index (χ3v) is 3.90. The van der Waals surface area contributed by atoms with Crippen LogP contribution < -0.4 is 5.32 Å². The van der Waals surface area contributed by atoms with Crippen LogP contribution in [0.4, 0.5) is 5.82 Å². The van der Waals surface area contributed by atoms with Crippen LogP contribution in [0, 0.1) is 6.92 Å². The number of nitrogens with zero attached hydrogens (tertiary/aromatic N) is 5. The molecule has 0 aliphatic heterocycles. The molecule has 0 saturated heterocycles. The number of H-pyrrole nitrogens is 1. The number of hydrogen-bond donors (Lipinski definition) is 2. The van der Waals surface area contributed by atoms with E-state index in [9.17, 15) is 4.79 Å². The summed E-state index contributed by atoms with van der Waals surface area (Å²) in [7, 11) is 0. The maximum Gasteiger partial charge on any atom is 0.256 e. The first-order valence-corrected chi connectivity index (χ1v) is 7.97. The molecule has 2 aromatic heterocycles. The highest BCUT2D eigenvalue weighted by atomic mass is 16.1. The number of aromatic amines is 1. The molecule has 0 unspecified atom stereocenters. The lowest BCUT2D eigenvalue weighted by Crippen LogP contribution is -2.13. The zero-order valence-electron chi connectivity index (χ0n) is 13.9. The molecule has 0 fully saturated rings. The van der Waals surface area contributed by atoms with E-state index in [4.69, 9.17) is 0 Å². The molecule has 2 aromatic carbocycles. The second-order valence-corrected chi connectivity index (χ2v) is 5.71. The summed E-state index contributed by atoms with van der Waals surface area (Å²) in [5.74, 6) is 0.779. The molecule has 1 amide bonds. The number of nitrogens with one attached hydrogen (secondary N) is 2. The number of rotatable bonds is 4. The van der Waals surface area contributed by atoms with Gasteiger partial charge in [-0.05, 0) is 36.4 Å². The summed E-state index contributed by atoms with van der Waals surface area (Å²) >= 11 is 0. The van der Waals surface area contributed by atoms with Crippen molar-refractivity contribution < 1.29 is 4.79 Å². The smallest absolute Gasteiger partial charge is 0.256 e. The van der Waals surface area contributed by atoms with Crippen molar-refractivity contribution in [2.75, 3.05) is 5.32 Å². The molecular weight excluding hydrogens is 330 g/mol. The lowest BCUT2D eigenvalue weighted by molar-refractivity contribution is 0.102. The van der Waals surface area contributed by atoms with Crippen LogP contribution in [0.2, 0.25) is 0 Å². The molecule has 0 aliphatic rings. The molecule has 0 saturated carbocycles. The first-order valence-electron chi connectivity index (χ1n) is 7.97. The number of carbonyl (C=O) groups is 1. The van der Waals surface area contributed by atoms with E-state index in [-0.39, 0.29) is 5.91 Å². The average Bonchev–Trinajstić information content (AvgIpc) is 3.33. The molecule has 2 heterocycles. The predicted octanol–water partition coefficient (Wildman–Crippen LogP) is 2.61. The van der Waals surface area contributed by atoms with Gasteiger partial charge in [-0.15, -0.1) is 15.3 Å². The van der Waals surface area contributed by atoms with E-state index >= 15 is 0 Å². The van der Waals surface area contributed by atoms with Gasteiger partial charge in [0.05, 0.1) is 5.69 Å². The summed E-state index contributed by atoms with van der Waals surface area (Å²) < 4.78 is 1.74. The number of amides is 1. The van der Waals surface area contributed by atoms with Crippen LogP contribution in [-0.2, 0) is 0 Å².